The van der Waals surface area contributed by atoms with Gasteiger partial charge in [0.1, 0.15) is 11.9 Å². The highest BCUT2D eigenvalue weighted by Crippen LogP contribution is 2.15. The lowest BCUT2D eigenvalue weighted by atomic mass is 10.0. The van der Waals surface area contributed by atoms with E-state index < -0.39 is 0 Å². The molecule has 0 bridgehead atoms. The quantitative estimate of drug-likeness (QED) is 0.556. The number of rotatable bonds is 7. The summed E-state index contributed by atoms with van der Waals surface area (Å²) in [6.07, 6.45) is 1.87. The van der Waals surface area contributed by atoms with Crippen LogP contribution in [0.1, 0.15) is 46.1 Å². The van der Waals surface area contributed by atoms with Gasteiger partial charge in [-0.3, -0.25) is 4.79 Å². The number of carbonyl (C=O) groups is 1. The molecule has 3 nitrogen and oxygen atoms in total. The minimum absolute atomic E-state index is 0.121. The van der Waals surface area contributed by atoms with Crippen molar-refractivity contribution >= 4 is 5.78 Å². The Bertz CT molecular complexity index is 379. The van der Waals surface area contributed by atoms with Crippen LogP contribution in [-0.4, -0.2) is 17.5 Å². The van der Waals surface area contributed by atoms with Crippen molar-refractivity contribution in [3.8, 4) is 0 Å². The molecule has 3 heteroatoms. The fraction of sp³-hybridized carbons (Fsp3) is 0.562. The van der Waals surface area contributed by atoms with Crippen LogP contribution >= 0.6 is 0 Å². The first kappa shape index (κ1) is 15.9. The zero-order valence-corrected chi connectivity index (χ0v) is 12.3. The van der Waals surface area contributed by atoms with Gasteiger partial charge in [0.25, 0.3) is 0 Å². The van der Waals surface area contributed by atoms with E-state index in [1.807, 2.05) is 39.0 Å². The highest BCUT2D eigenvalue weighted by molar-refractivity contribution is 5.75. The zero-order valence-electron chi connectivity index (χ0n) is 12.3. The fourth-order valence-corrected chi connectivity index (χ4v) is 1.69. The predicted molar refractivity (Wildman–Crippen MR) is 75.8 cm³/mol. The molecule has 0 heterocycles. The van der Waals surface area contributed by atoms with Gasteiger partial charge in [-0.2, -0.15) is 0 Å². The van der Waals surface area contributed by atoms with Crippen LogP contribution in [0.15, 0.2) is 30.3 Å². The van der Waals surface area contributed by atoms with Crippen molar-refractivity contribution in [2.45, 2.75) is 58.7 Å². The number of hydrogen-bond acceptors (Lipinski definition) is 3. The molecule has 106 valence electrons. The van der Waals surface area contributed by atoms with E-state index in [0.717, 1.165) is 12.8 Å². The molecule has 0 saturated heterocycles. The van der Waals surface area contributed by atoms with Gasteiger partial charge in [0.2, 0.25) is 0 Å². The molecule has 1 rings (SSSR count). The number of aryl methyl sites for hydroxylation is 1. The molecule has 0 radical (unpaired) electrons. The Hall–Kier alpha value is -1.19. The summed E-state index contributed by atoms with van der Waals surface area (Å²) in [6, 6.07) is 10.2. The standard InChI is InChI=1S/C16H24O3/c1-13(17)12-15(18-19-16(2,3)4)11-10-14-8-6-5-7-9-14/h5-9,15H,10-12H2,1-4H3/t15-/m1/s1. The molecular formula is C16H24O3. The summed E-state index contributed by atoms with van der Waals surface area (Å²) in [6.45, 7) is 7.36. The topological polar surface area (TPSA) is 35.5 Å². The Morgan fingerprint density at radius 1 is 1.21 bits per heavy atom. The molecule has 0 N–H and O–H groups in total. The van der Waals surface area contributed by atoms with Crippen LogP contribution in [0.2, 0.25) is 0 Å². The maximum atomic E-state index is 11.3. The molecule has 0 unspecified atom stereocenters. The zero-order chi connectivity index (χ0) is 14.3. The Morgan fingerprint density at radius 2 is 1.84 bits per heavy atom. The van der Waals surface area contributed by atoms with E-state index in [0.29, 0.717) is 6.42 Å². The second-order valence-corrected chi connectivity index (χ2v) is 5.84. The van der Waals surface area contributed by atoms with Crippen LogP contribution in [0.3, 0.4) is 0 Å². The molecule has 19 heavy (non-hydrogen) atoms. The van der Waals surface area contributed by atoms with Crippen molar-refractivity contribution in [2.24, 2.45) is 0 Å². The summed E-state index contributed by atoms with van der Waals surface area (Å²) in [5.41, 5.74) is 0.886. The van der Waals surface area contributed by atoms with Crippen LogP contribution in [0.5, 0.6) is 0 Å². The third kappa shape index (κ3) is 7.75. The Balaban J connectivity index is 2.47. The molecule has 0 amide bonds. The average molecular weight is 264 g/mol. The number of Topliss-reactive ketones (excluding diaryl/α,β-unsaturated/α-hetero) is 1. The van der Waals surface area contributed by atoms with Gasteiger partial charge in [0.15, 0.2) is 0 Å². The molecule has 1 atom stereocenters. The molecule has 0 aliphatic rings. The maximum Gasteiger partial charge on any atom is 0.132 e. The molecule has 0 saturated carbocycles. The smallest absolute Gasteiger partial charge is 0.132 e. The van der Waals surface area contributed by atoms with Gasteiger partial charge in [-0.25, -0.2) is 9.78 Å². The fourth-order valence-electron chi connectivity index (χ4n) is 1.69. The SMILES string of the molecule is CC(=O)C[C@@H](CCc1ccccc1)OOC(C)(C)C. The summed E-state index contributed by atoms with van der Waals surface area (Å²) >= 11 is 0. The minimum atomic E-state index is -0.359. The van der Waals surface area contributed by atoms with E-state index in [-0.39, 0.29) is 17.5 Å². The lowest BCUT2D eigenvalue weighted by molar-refractivity contribution is -0.373. The number of carbonyl (C=O) groups excluding carboxylic acids is 1. The summed E-state index contributed by atoms with van der Waals surface area (Å²) in [5, 5.41) is 0. The van der Waals surface area contributed by atoms with Crippen LogP contribution in [-0.2, 0) is 21.0 Å². The molecule has 1 aromatic rings. The normalized spacial score (nSPS) is 13.3. The number of ketones is 1. The van der Waals surface area contributed by atoms with Crippen LogP contribution in [0, 0.1) is 0 Å². The minimum Gasteiger partial charge on any atom is -0.300 e. The molecule has 0 aliphatic carbocycles. The molecule has 0 aliphatic heterocycles. The molecule has 0 aromatic heterocycles. The van der Waals surface area contributed by atoms with Gasteiger partial charge in [-0.1, -0.05) is 30.3 Å². The van der Waals surface area contributed by atoms with Gasteiger partial charge in [-0.05, 0) is 46.1 Å². The monoisotopic (exact) mass is 264 g/mol. The van der Waals surface area contributed by atoms with Crippen molar-refractivity contribution < 1.29 is 14.6 Å². The van der Waals surface area contributed by atoms with Gasteiger partial charge in [0.05, 0.1) is 5.60 Å². The van der Waals surface area contributed by atoms with E-state index in [4.69, 9.17) is 9.78 Å². The van der Waals surface area contributed by atoms with Crippen molar-refractivity contribution in [3.05, 3.63) is 35.9 Å². The third-order valence-corrected chi connectivity index (χ3v) is 2.55. The Morgan fingerprint density at radius 3 is 2.37 bits per heavy atom. The molecular weight excluding hydrogens is 240 g/mol. The van der Waals surface area contributed by atoms with Crippen molar-refractivity contribution in [3.63, 3.8) is 0 Å². The second-order valence-electron chi connectivity index (χ2n) is 5.84. The lowest BCUT2D eigenvalue weighted by Crippen LogP contribution is -2.26. The summed E-state index contributed by atoms with van der Waals surface area (Å²) in [7, 11) is 0. The van der Waals surface area contributed by atoms with Gasteiger partial charge in [-0.15, -0.1) is 0 Å². The third-order valence-electron chi connectivity index (χ3n) is 2.55. The van der Waals surface area contributed by atoms with Crippen LogP contribution in [0.25, 0.3) is 0 Å². The van der Waals surface area contributed by atoms with E-state index in [1.165, 1.54) is 5.56 Å². The average Bonchev–Trinajstić information content (AvgIpc) is 2.32. The van der Waals surface area contributed by atoms with E-state index in [1.54, 1.807) is 6.92 Å². The van der Waals surface area contributed by atoms with E-state index in [9.17, 15) is 4.79 Å². The lowest BCUT2D eigenvalue weighted by Gasteiger charge is -2.22. The number of hydrogen-bond donors (Lipinski definition) is 0. The predicted octanol–water partition coefficient (Wildman–Crippen LogP) is 3.71. The molecule has 0 fully saturated rings. The largest absolute Gasteiger partial charge is 0.300 e. The Labute approximate surface area is 115 Å². The highest BCUT2D eigenvalue weighted by atomic mass is 17.2. The first-order valence-electron chi connectivity index (χ1n) is 6.74. The number of benzene rings is 1. The summed E-state index contributed by atoms with van der Waals surface area (Å²) in [4.78, 5) is 22.0. The molecule has 0 spiro atoms. The van der Waals surface area contributed by atoms with Crippen molar-refractivity contribution in [2.75, 3.05) is 0 Å². The Kier molecular flexibility index (Phi) is 6.19. The van der Waals surface area contributed by atoms with Crippen molar-refractivity contribution in [1.82, 2.24) is 0 Å². The second kappa shape index (κ2) is 7.41. The highest BCUT2D eigenvalue weighted by Gasteiger charge is 2.18. The van der Waals surface area contributed by atoms with Gasteiger partial charge in [0, 0.05) is 6.42 Å². The summed E-state index contributed by atoms with van der Waals surface area (Å²) in [5.74, 6) is 0.121. The first-order valence-corrected chi connectivity index (χ1v) is 6.74. The van der Waals surface area contributed by atoms with Crippen LogP contribution in [0.4, 0.5) is 0 Å². The van der Waals surface area contributed by atoms with E-state index in [2.05, 4.69) is 12.1 Å². The summed E-state index contributed by atoms with van der Waals surface area (Å²) < 4.78 is 0. The van der Waals surface area contributed by atoms with E-state index >= 15 is 0 Å². The maximum absolute atomic E-state index is 11.3. The molecule has 1 aromatic carbocycles. The van der Waals surface area contributed by atoms with Crippen LogP contribution < -0.4 is 0 Å². The van der Waals surface area contributed by atoms with Gasteiger partial charge >= 0.3 is 0 Å². The van der Waals surface area contributed by atoms with Gasteiger partial charge < -0.3 is 0 Å². The van der Waals surface area contributed by atoms with Crippen molar-refractivity contribution in [1.29, 1.82) is 0 Å². The first-order chi connectivity index (χ1) is 8.87.